The van der Waals surface area contributed by atoms with E-state index in [4.69, 9.17) is 9.47 Å². The molecule has 3 aromatic rings. The molecule has 1 amide bonds. The number of hydrogen-bond donors (Lipinski definition) is 1. The van der Waals surface area contributed by atoms with Gasteiger partial charge in [0.1, 0.15) is 11.8 Å². The van der Waals surface area contributed by atoms with Gasteiger partial charge in [0, 0.05) is 6.54 Å². The molecule has 0 aromatic heterocycles. The van der Waals surface area contributed by atoms with Crippen molar-refractivity contribution in [3.63, 3.8) is 0 Å². The van der Waals surface area contributed by atoms with Crippen molar-refractivity contribution in [3.05, 3.63) is 89.5 Å². The van der Waals surface area contributed by atoms with Crippen LogP contribution in [-0.2, 0) is 32.5 Å². The third kappa shape index (κ3) is 4.52. The molecule has 4 rings (SSSR count). The predicted octanol–water partition coefficient (Wildman–Crippen LogP) is 3.24. The zero-order valence-corrected chi connectivity index (χ0v) is 19.5. The summed E-state index contributed by atoms with van der Waals surface area (Å²) in [6, 6.07) is 18.9. The Bertz CT molecular complexity index is 1320. The van der Waals surface area contributed by atoms with Crippen LogP contribution in [0.15, 0.2) is 77.7 Å². The first kappa shape index (κ1) is 23.5. The van der Waals surface area contributed by atoms with E-state index in [1.807, 2.05) is 24.3 Å². The maximum Gasteiger partial charge on any atom is 0.339 e. The highest BCUT2D eigenvalue weighted by Gasteiger charge is 2.40. The lowest BCUT2D eigenvalue weighted by molar-refractivity contribution is -0.120. The van der Waals surface area contributed by atoms with E-state index in [0.29, 0.717) is 5.75 Å². The van der Waals surface area contributed by atoms with E-state index in [0.717, 1.165) is 11.1 Å². The number of benzene rings is 3. The minimum absolute atomic E-state index is 0.0429. The molecule has 1 heterocycles. The predicted molar refractivity (Wildman–Crippen MR) is 126 cm³/mol. The van der Waals surface area contributed by atoms with Gasteiger partial charge in [0.2, 0.25) is 15.9 Å². The molecule has 0 fully saturated rings. The number of sulfonamides is 1. The number of methoxy groups -OCH3 is 2. The van der Waals surface area contributed by atoms with Crippen molar-refractivity contribution in [1.29, 1.82) is 0 Å². The quantitative estimate of drug-likeness (QED) is 0.544. The normalized spacial score (nSPS) is 15.8. The number of anilines is 1. The Hall–Kier alpha value is -3.69. The van der Waals surface area contributed by atoms with Crippen LogP contribution in [0.4, 0.5) is 5.69 Å². The van der Waals surface area contributed by atoms with Crippen molar-refractivity contribution < 1.29 is 27.5 Å². The van der Waals surface area contributed by atoms with Gasteiger partial charge in [0.15, 0.2) is 0 Å². The van der Waals surface area contributed by atoms with Gasteiger partial charge in [0.05, 0.1) is 30.4 Å². The summed E-state index contributed by atoms with van der Waals surface area (Å²) in [7, 11) is -1.27. The smallest absolute Gasteiger partial charge is 0.339 e. The average molecular weight is 481 g/mol. The number of hydrogen-bond acceptors (Lipinski definition) is 6. The number of para-hydroxylation sites is 1. The van der Waals surface area contributed by atoms with Gasteiger partial charge in [-0.1, -0.05) is 36.4 Å². The zero-order chi connectivity index (χ0) is 24.3. The van der Waals surface area contributed by atoms with Crippen LogP contribution in [0.5, 0.6) is 5.75 Å². The monoisotopic (exact) mass is 480 g/mol. The van der Waals surface area contributed by atoms with Gasteiger partial charge < -0.3 is 14.8 Å². The number of rotatable bonds is 6. The van der Waals surface area contributed by atoms with Crippen LogP contribution >= 0.6 is 0 Å². The van der Waals surface area contributed by atoms with Gasteiger partial charge >= 0.3 is 5.97 Å². The maximum atomic E-state index is 13.6. The highest BCUT2D eigenvalue weighted by Crippen LogP contribution is 2.31. The number of esters is 1. The van der Waals surface area contributed by atoms with Crippen molar-refractivity contribution in [3.8, 4) is 5.75 Å². The fraction of sp³-hybridized carbons (Fsp3) is 0.200. The number of nitrogens with one attached hydrogen (secondary N) is 1. The van der Waals surface area contributed by atoms with E-state index in [2.05, 4.69) is 5.32 Å². The van der Waals surface area contributed by atoms with E-state index in [1.54, 1.807) is 30.3 Å². The molecule has 1 aliphatic heterocycles. The fourth-order valence-corrected chi connectivity index (χ4v) is 5.52. The molecule has 0 aliphatic carbocycles. The molecule has 1 aliphatic rings. The molecule has 34 heavy (non-hydrogen) atoms. The molecule has 0 saturated heterocycles. The van der Waals surface area contributed by atoms with E-state index < -0.39 is 27.9 Å². The van der Waals surface area contributed by atoms with E-state index >= 15 is 0 Å². The van der Waals surface area contributed by atoms with Gasteiger partial charge in [-0.2, -0.15) is 4.31 Å². The van der Waals surface area contributed by atoms with Crippen LogP contribution in [0.3, 0.4) is 0 Å². The largest absolute Gasteiger partial charge is 0.497 e. The second-order valence-corrected chi connectivity index (χ2v) is 9.63. The third-order valence-electron chi connectivity index (χ3n) is 5.76. The summed E-state index contributed by atoms with van der Waals surface area (Å²) in [6.45, 7) is 0.0429. The summed E-state index contributed by atoms with van der Waals surface area (Å²) in [4.78, 5) is 25.6. The van der Waals surface area contributed by atoms with Crippen molar-refractivity contribution in [2.24, 2.45) is 0 Å². The highest BCUT2D eigenvalue weighted by molar-refractivity contribution is 7.89. The van der Waals surface area contributed by atoms with Crippen molar-refractivity contribution in [2.75, 3.05) is 19.5 Å². The van der Waals surface area contributed by atoms with Crippen molar-refractivity contribution in [1.82, 2.24) is 4.31 Å². The van der Waals surface area contributed by atoms with Crippen LogP contribution in [0, 0.1) is 0 Å². The van der Waals surface area contributed by atoms with Crippen LogP contribution < -0.4 is 10.1 Å². The van der Waals surface area contributed by atoms with Gasteiger partial charge in [-0.25, -0.2) is 13.2 Å². The first-order chi connectivity index (χ1) is 16.3. The number of amides is 1. The molecule has 9 heteroatoms. The molecule has 0 radical (unpaired) electrons. The number of carbonyl (C=O) groups excluding carboxylic acids is 2. The summed E-state index contributed by atoms with van der Waals surface area (Å²) in [6.07, 6.45) is 0.192. The summed E-state index contributed by atoms with van der Waals surface area (Å²) < 4.78 is 38.4. The topological polar surface area (TPSA) is 102 Å². The summed E-state index contributed by atoms with van der Waals surface area (Å²) in [5.41, 5.74) is 2.16. The highest BCUT2D eigenvalue weighted by atomic mass is 32.2. The molecule has 1 N–H and O–H groups in total. The minimum atomic E-state index is -4.02. The summed E-state index contributed by atoms with van der Waals surface area (Å²) in [5, 5.41) is 2.73. The second-order valence-electron chi connectivity index (χ2n) is 7.74. The van der Waals surface area contributed by atoms with Crippen molar-refractivity contribution in [2.45, 2.75) is 23.9 Å². The molecular formula is C25H24N2O6S. The second kappa shape index (κ2) is 9.66. The van der Waals surface area contributed by atoms with Gasteiger partial charge in [-0.05, 0) is 53.9 Å². The molecule has 0 spiro atoms. The first-order valence-corrected chi connectivity index (χ1v) is 12.0. The van der Waals surface area contributed by atoms with Gasteiger partial charge in [-0.3, -0.25) is 4.79 Å². The average Bonchev–Trinajstić information content (AvgIpc) is 2.87. The lowest BCUT2D eigenvalue weighted by Gasteiger charge is -2.35. The molecular weight excluding hydrogens is 456 g/mol. The first-order valence-electron chi connectivity index (χ1n) is 10.6. The molecule has 176 valence electrons. The molecule has 3 aromatic carbocycles. The van der Waals surface area contributed by atoms with Gasteiger partial charge in [-0.15, -0.1) is 0 Å². The van der Waals surface area contributed by atoms with Crippen LogP contribution in [-0.4, -0.2) is 44.9 Å². The van der Waals surface area contributed by atoms with Crippen LogP contribution in [0.2, 0.25) is 0 Å². The SMILES string of the molecule is COC(=O)c1ccccc1NC(=O)[C@@H]1Cc2ccccc2CN1S(=O)(=O)c1ccc(OC)cc1. The van der Waals surface area contributed by atoms with Gasteiger partial charge in [0.25, 0.3) is 0 Å². The third-order valence-corrected chi connectivity index (χ3v) is 7.63. The standard InChI is InChI=1S/C25H24N2O6S/c1-32-19-11-13-20(14-12-19)34(30,31)27-16-18-8-4-3-7-17(18)15-23(27)24(28)26-22-10-6-5-9-21(22)25(29)33-2/h3-14,23H,15-16H2,1-2H3,(H,26,28)/t23-/m0/s1. The van der Waals surface area contributed by atoms with E-state index in [9.17, 15) is 18.0 Å². The Labute approximate surface area is 198 Å². The molecule has 1 atom stereocenters. The Kier molecular flexibility index (Phi) is 6.67. The van der Waals surface area contributed by atoms with Crippen molar-refractivity contribution >= 4 is 27.6 Å². The number of fused-ring (bicyclic) bond motifs is 1. The Morgan fingerprint density at radius 1 is 0.912 bits per heavy atom. The maximum absolute atomic E-state index is 13.6. The Morgan fingerprint density at radius 2 is 1.56 bits per heavy atom. The zero-order valence-electron chi connectivity index (χ0n) is 18.7. The number of nitrogens with zero attached hydrogens (tertiary/aromatic N) is 1. The fourth-order valence-electron chi connectivity index (χ4n) is 3.95. The van der Waals surface area contributed by atoms with E-state index in [-0.39, 0.29) is 29.1 Å². The molecule has 8 nitrogen and oxygen atoms in total. The minimum Gasteiger partial charge on any atom is -0.497 e. The lowest BCUT2D eigenvalue weighted by Crippen LogP contribution is -2.50. The number of ether oxygens (including phenoxy) is 2. The number of carbonyl (C=O) groups is 2. The van der Waals surface area contributed by atoms with Crippen LogP contribution in [0.25, 0.3) is 0 Å². The molecule has 0 unspecified atom stereocenters. The Balaban J connectivity index is 1.71. The Morgan fingerprint density at radius 3 is 2.24 bits per heavy atom. The summed E-state index contributed by atoms with van der Waals surface area (Å²) in [5.74, 6) is -0.618. The molecule has 0 saturated carbocycles. The van der Waals surface area contributed by atoms with E-state index in [1.165, 1.54) is 36.7 Å². The molecule has 0 bridgehead atoms. The lowest BCUT2D eigenvalue weighted by atomic mass is 9.95. The van der Waals surface area contributed by atoms with Crippen LogP contribution in [0.1, 0.15) is 21.5 Å². The summed E-state index contributed by atoms with van der Waals surface area (Å²) >= 11 is 0.